The average molecular weight is 454 g/mol. The predicted octanol–water partition coefficient (Wildman–Crippen LogP) is 4.11. The van der Waals surface area contributed by atoms with Crippen LogP contribution in [-0.2, 0) is 16.6 Å². The van der Waals surface area contributed by atoms with Gasteiger partial charge in [-0.3, -0.25) is 9.21 Å². The van der Waals surface area contributed by atoms with Crippen LogP contribution in [0.15, 0.2) is 77.7 Å². The average Bonchev–Trinajstić information content (AvgIpc) is 2.80. The van der Waals surface area contributed by atoms with Crippen LogP contribution < -0.4 is 9.62 Å². The number of nitrogens with one attached hydrogen (secondary N) is 1. The first kappa shape index (κ1) is 22.5. The summed E-state index contributed by atoms with van der Waals surface area (Å²) in [7, 11) is -2.12. The van der Waals surface area contributed by atoms with E-state index < -0.39 is 10.0 Å². The van der Waals surface area contributed by atoms with Crippen LogP contribution in [0.25, 0.3) is 11.1 Å². The van der Waals surface area contributed by atoms with Crippen LogP contribution in [0.3, 0.4) is 0 Å². The molecule has 0 amide bonds. The lowest BCUT2D eigenvalue weighted by Gasteiger charge is -2.31. The smallest absolute Gasteiger partial charge is 0.264 e. The second kappa shape index (κ2) is 9.40. The van der Waals surface area contributed by atoms with E-state index >= 15 is 0 Å². The van der Waals surface area contributed by atoms with Crippen molar-refractivity contribution in [2.45, 2.75) is 24.4 Å². The van der Waals surface area contributed by atoms with E-state index in [0.717, 1.165) is 42.9 Å². The highest BCUT2D eigenvalue weighted by atomic mass is 32.2. The lowest BCUT2D eigenvalue weighted by Crippen LogP contribution is -2.48. The van der Waals surface area contributed by atoms with Crippen molar-refractivity contribution in [3.8, 4) is 11.1 Å². The van der Waals surface area contributed by atoms with Gasteiger partial charge in [0, 0.05) is 39.3 Å². The molecule has 1 aliphatic rings. The second-order valence-corrected chi connectivity index (χ2v) is 10.2. The SMILES string of the molecule is CC1CN(Cc2ccc(N(C)S(=O)(=O)c3ccc(-c4ccc(F)cc4)cc3)cc2)CCN1. The molecule has 1 N–H and O–H groups in total. The summed E-state index contributed by atoms with van der Waals surface area (Å²) in [5.74, 6) is -0.303. The molecule has 0 saturated carbocycles. The zero-order valence-corrected chi connectivity index (χ0v) is 19.1. The van der Waals surface area contributed by atoms with Gasteiger partial charge < -0.3 is 5.32 Å². The molecule has 1 unspecified atom stereocenters. The van der Waals surface area contributed by atoms with Gasteiger partial charge in [0.15, 0.2) is 0 Å². The van der Waals surface area contributed by atoms with Crippen molar-refractivity contribution in [1.29, 1.82) is 0 Å². The van der Waals surface area contributed by atoms with E-state index in [0.29, 0.717) is 11.7 Å². The van der Waals surface area contributed by atoms with Gasteiger partial charge in [-0.15, -0.1) is 0 Å². The summed E-state index contributed by atoms with van der Waals surface area (Å²) in [6.45, 7) is 6.04. The molecular formula is C25H28FN3O2S. The Morgan fingerprint density at radius 1 is 0.969 bits per heavy atom. The maximum Gasteiger partial charge on any atom is 0.264 e. The number of hydrogen-bond donors (Lipinski definition) is 1. The molecule has 4 rings (SSSR count). The molecule has 1 fully saturated rings. The fourth-order valence-electron chi connectivity index (χ4n) is 3.98. The summed E-state index contributed by atoms with van der Waals surface area (Å²) in [5, 5.41) is 3.44. The molecule has 1 saturated heterocycles. The predicted molar refractivity (Wildman–Crippen MR) is 127 cm³/mol. The zero-order valence-electron chi connectivity index (χ0n) is 18.3. The maximum absolute atomic E-state index is 13.1. The minimum atomic E-state index is -3.69. The van der Waals surface area contributed by atoms with E-state index in [-0.39, 0.29) is 10.7 Å². The normalized spacial score (nSPS) is 17.3. The van der Waals surface area contributed by atoms with Crippen molar-refractivity contribution in [2.75, 3.05) is 31.0 Å². The molecular weight excluding hydrogens is 425 g/mol. The maximum atomic E-state index is 13.1. The van der Waals surface area contributed by atoms with Crippen molar-refractivity contribution in [2.24, 2.45) is 0 Å². The molecule has 0 spiro atoms. The van der Waals surface area contributed by atoms with Gasteiger partial charge in [-0.2, -0.15) is 0 Å². The molecule has 168 valence electrons. The lowest BCUT2D eigenvalue weighted by molar-refractivity contribution is 0.199. The Balaban J connectivity index is 1.46. The standard InChI is InChI=1S/C25H28FN3O2S/c1-19-17-29(16-15-27-19)18-20-3-11-24(12-4-20)28(2)32(30,31)25-13-7-22(8-14-25)21-5-9-23(26)10-6-21/h3-14,19,27H,15-18H2,1-2H3. The van der Waals surface area contributed by atoms with Gasteiger partial charge in [-0.25, -0.2) is 12.8 Å². The van der Waals surface area contributed by atoms with Gasteiger partial charge in [0.2, 0.25) is 0 Å². The summed E-state index contributed by atoms with van der Waals surface area (Å²) < 4.78 is 40.7. The van der Waals surface area contributed by atoms with Crippen LogP contribution in [0.5, 0.6) is 0 Å². The van der Waals surface area contributed by atoms with Crippen molar-refractivity contribution in [3.63, 3.8) is 0 Å². The molecule has 0 radical (unpaired) electrons. The summed E-state index contributed by atoms with van der Waals surface area (Å²) in [5.41, 5.74) is 3.44. The topological polar surface area (TPSA) is 52.7 Å². The van der Waals surface area contributed by atoms with E-state index in [1.54, 1.807) is 43.4 Å². The first-order chi connectivity index (χ1) is 15.3. The van der Waals surface area contributed by atoms with Gasteiger partial charge in [0.25, 0.3) is 10.0 Å². The third-order valence-electron chi connectivity index (χ3n) is 5.85. The molecule has 0 aromatic heterocycles. The third kappa shape index (κ3) is 5.01. The van der Waals surface area contributed by atoms with Gasteiger partial charge in [-0.05, 0) is 60.0 Å². The van der Waals surface area contributed by atoms with Crippen molar-refractivity contribution in [1.82, 2.24) is 10.2 Å². The van der Waals surface area contributed by atoms with Gasteiger partial charge in [0.1, 0.15) is 5.82 Å². The Kier molecular flexibility index (Phi) is 6.60. The van der Waals surface area contributed by atoms with Crippen molar-refractivity contribution in [3.05, 3.63) is 84.2 Å². The van der Waals surface area contributed by atoms with Crippen LogP contribution in [-0.4, -0.2) is 46.0 Å². The number of anilines is 1. The molecule has 1 heterocycles. The largest absolute Gasteiger partial charge is 0.312 e. The minimum Gasteiger partial charge on any atom is -0.312 e. The lowest BCUT2D eigenvalue weighted by atomic mass is 10.1. The molecule has 0 aliphatic carbocycles. The molecule has 3 aromatic rings. The molecule has 5 nitrogen and oxygen atoms in total. The first-order valence-corrected chi connectivity index (χ1v) is 12.2. The molecule has 1 atom stereocenters. The Bertz CT molecular complexity index is 1150. The fraction of sp³-hybridized carbons (Fsp3) is 0.280. The third-order valence-corrected chi connectivity index (χ3v) is 7.65. The van der Waals surface area contributed by atoms with E-state index in [9.17, 15) is 12.8 Å². The Morgan fingerprint density at radius 2 is 1.56 bits per heavy atom. The van der Waals surface area contributed by atoms with Crippen molar-refractivity contribution >= 4 is 15.7 Å². The summed E-state index contributed by atoms with van der Waals surface area (Å²) in [4.78, 5) is 2.61. The first-order valence-electron chi connectivity index (χ1n) is 10.7. The highest BCUT2D eigenvalue weighted by molar-refractivity contribution is 7.92. The zero-order chi connectivity index (χ0) is 22.7. The Hall–Kier alpha value is -2.74. The molecule has 0 bridgehead atoms. The number of piperazine rings is 1. The Morgan fingerprint density at radius 3 is 2.16 bits per heavy atom. The van der Waals surface area contributed by atoms with Gasteiger partial charge in [0.05, 0.1) is 10.6 Å². The fourth-order valence-corrected chi connectivity index (χ4v) is 5.18. The number of halogens is 1. The van der Waals surface area contributed by atoms with Crippen LogP contribution in [0, 0.1) is 5.82 Å². The van der Waals surface area contributed by atoms with Crippen LogP contribution in [0.2, 0.25) is 0 Å². The summed E-state index contributed by atoms with van der Waals surface area (Å²) in [6, 6.07) is 21.0. The van der Waals surface area contributed by atoms with Crippen LogP contribution >= 0.6 is 0 Å². The number of benzene rings is 3. The van der Waals surface area contributed by atoms with E-state index in [2.05, 4.69) is 17.1 Å². The number of hydrogen-bond acceptors (Lipinski definition) is 4. The van der Waals surface area contributed by atoms with Crippen LogP contribution in [0.1, 0.15) is 12.5 Å². The molecule has 32 heavy (non-hydrogen) atoms. The Labute approximate surface area is 189 Å². The molecule has 7 heteroatoms. The number of rotatable bonds is 6. The quantitative estimate of drug-likeness (QED) is 0.610. The number of sulfonamides is 1. The van der Waals surface area contributed by atoms with E-state index in [4.69, 9.17) is 0 Å². The number of nitrogens with zero attached hydrogens (tertiary/aromatic N) is 2. The highest BCUT2D eigenvalue weighted by Crippen LogP contribution is 2.26. The van der Waals surface area contributed by atoms with E-state index in [1.165, 1.54) is 16.4 Å². The second-order valence-electron chi connectivity index (χ2n) is 8.26. The van der Waals surface area contributed by atoms with Gasteiger partial charge >= 0.3 is 0 Å². The van der Waals surface area contributed by atoms with Gasteiger partial charge in [-0.1, -0.05) is 36.4 Å². The van der Waals surface area contributed by atoms with Crippen molar-refractivity contribution < 1.29 is 12.8 Å². The monoisotopic (exact) mass is 453 g/mol. The van der Waals surface area contributed by atoms with E-state index in [1.807, 2.05) is 24.3 Å². The molecule has 3 aromatic carbocycles. The summed E-state index contributed by atoms with van der Waals surface area (Å²) >= 11 is 0. The highest BCUT2D eigenvalue weighted by Gasteiger charge is 2.22. The van der Waals surface area contributed by atoms with Crippen LogP contribution in [0.4, 0.5) is 10.1 Å². The summed E-state index contributed by atoms with van der Waals surface area (Å²) in [6.07, 6.45) is 0. The minimum absolute atomic E-state index is 0.213. The molecule has 1 aliphatic heterocycles.